The predicted molar refractivity (Wildman–Crippen MR) is 150 cm³/mol. The Morgan fingerprint density at radius 1 is 0.976 bits per heavy atom. The maximum Gasteiger partial charge on any atom is 0.326 e. The van der Waals surface area contributed by atoms with Crippen LogP contribution in [0, 0.1) is 5.82 Å². The van der Waals surface area contributed by atoms with Crippen molar-refractivity contribution in [2.24, 2.45) is 5.73 Å². The SMILES string of the molecule is N[C@@H](Cc1ccccc1)C(=O)N[C@H](C[C@@H](Cc1ccc(-c2cc(Cl)ccc2F)cc1)NC(=O)c1cnn[nH]1)C(=O)O. The Bertz CT molecular complexity index is 1490. The number of amides is 2. The average Bonchev–Trinajstić information content (AvgIpc) is 3.50. The molecule has 0 bridgehead atoms. The lowest BCUT2D eigenvalue weighted by atomic mass is 9.96. The van der Waals surface area contributed by atoms with E-state index in [0.29, 0.717) is 16.1 Å². The highest BCUT2D eigenvalue weighted by atomic mass is 35.5. The number of halogens is 2. The van der Waals surface area contributed by atoms with Gasteiger partial charge in [-0.25, -0.2) is 9.18 Å². The number of H-pyrrole nitrogens is 1. The lowest BCUT2D eigenvalue weighted by molar-refractivity contribution is -0.142. The highest BCUT2D eigenvalue weighted by Crippen LogP contribution is 2.26. The molecule has 0 radical (unpaired) electrons. The molecular weight excluding hydrogens is 551 g/mol. The molecule has 1 heterocycles. The van der Waals surface area contributed by atoms with Crippen LogP contribution in [0.3, 0.4) is 0 Å². The van der Waals surface area contributed by atoms with Crippen LogP contribution in [-0.2, 0) is 22.4 Å². The van der Waals surface area contributed by atoms with E-state index in [1.807, 2.05) is 30.3 Å². The van der Waals surface area contributed by atoms with Crippen LogP contribution in [0.25, 0.3) is 11.1 Å². The summed E-state index contributed by atoms with van der Waals surface area (Å²) in [6.45, 7) is 0. The molecule has 212 valence electrons. The van der Waals surface area contributed by atoms with Crippen LogP contribution in [-0.4, -0.2) is 56.4 Å². The number of aliphatic carboxylic acids is 1. The van der Waals surface area contributed by atoms with Gasteiger partial charge in [0.2, 0.25) is 5.91 Å². The van der Waals surface area contributed by atoms with E-state index in [9.17, 15) is 23.9 Å². The quantitative estimate of drug-likeness (QED) is 0.172. The number of carboxylic acid groups (broad SMARTS) is 1. The number of nitrogens with one attached hydrogen (secondary N) is 3. The van der Waals surface area contributed by atoms with E-state index >= 15 is 0 Å². The Morgan fingerprint density at radius 3 is 2.34 bits per heavy atom. The molecule has 10 nitrogen and oxygen atoms in total. The second-order valence-corrected chi connectivity index (χ2v) is 9.93. The Morgan fingerprint density at radius 2 is 1.68 bits per heavy atom. The van der Waals surface area contributed by atoms with E-state index in [2.05, 4.69) is 26.0 Å². The van der Waals surface area contributed by atoms with Crippen LogP contribution in [0.15, 0.2) is 79.0 Å². The molecule has 6 N–H and O–H groups in total. The highest BCUT2D eigenvalue weighted by molar-refractivity contribution is 6.30. The number of rotatable bonds is 12. The van der Waals surface area contributed by atoms with E-state index in [1.54, 1.807) is 24.3 Å². The fraction of sp³-hybridized carbons (Fsp3) is 0.207. The number of carboxylic acids is 1. The standard InChI is InChI=1S/C29H28ClFN6O4/c30-20-10-11-23(31)22(14-20)19-8-6-18(7-9-19)12-21(34-28(39)26-16-33-37-36-26)15-25(29(40)41)35-27(38)24(32)13-17-4-2-1-3-5-17/h1-11,14,16,21,24-25H,12-13,15,32H2,(H,34,39)(H,35,38)(H,40,41)(H,33,36,37)/t21-,24+,25-/m1/s1. The summed E-state index contributed by atoms with van der Waals surface area (Å²) in [5.41, 5.74) is 8.64. The van der Waals surface area contributed by atoms with E-state index < -0.39 is 41.7 Å². The zero-order valence-electron chi connectivity index (χ0n) is 21.8. The van der Waals surface area contributed by atoms with Crippen molar-refractivity contribution >= 4 is 29.4 Å². The van der Waals surface area contributed by atoms with Gasteiger partial charge in [0, 0.05) is 16.6 Å². The third kappa shape index (κ3) is 8.19. The van der Waals surface area contributed by atoms with Crippen LogP contribution < -0.4 is 16.4 Å². The summed E-state index contributed by atoms with van der Waals surface area (Å²) in [6, 6.07) is 17.3. The van der Waals surface area contributed by atoms with Crippen LogP contribution in [0.2, 0.25) is 5.02 Å². The highest BCUT2D eigenvalue weighted by Gasteiger charge is 2.28. The van der Waals surface area contributed by atoms with Gasteiger partial charge in [0.1, 0.15) is 17.6 Å². The van der Waals surface area contributed by atoms with Gasteiger partial charge in [-0.05, 0) is 54.2 Å². The number of hydrogen-bond acceptors (Lipinski definition) is 6. The molecule has 3 aromatic carbocycles. The number of hydrogen-bond donors (Lipinski definition) is 5. The van der Waals surface area contributed by atoms with Crippen molar-refractivity contribution in [3.8, 4) is 11.1 Å². The van der Waals surface area contributed by atoms with Gasteiger partial charge in [-0.3, -0.25) is 14.7 Å². The van der Waals surface area contributed by atoms with Crippen molar-refractivity contribution < 1.29 is 23.9 Å². The summed E-state index contributed by atoms with van der Waals surface area (Å²) < 4.78 is 14.3. The van der Waals surface area contributed by atoms with Gasteiger partial charge in [-0.15, -0.1) is 5.10 Å². The van der Waals surface area contributed by atoms with Crippen molar-refractivity contribution in [3.05, 3.63) is 107 Å². The zero-order chi connectivity index (χ0) is 29.4. The largest absolute Gasteiger partial charge is 0.480 e. The van der Waals surface area contributed by atoms with E-state index in [4.69, 9.17) is 17.3 Å². The molecule has 4 rings (SSSR count). The molecule has 3 atom stereocenters. The van der Waals surface area contributed by atoms with Crippen molar-refractivity contribution in [2.75, 3.05) is 0 Å². The smallest absolute Gasteiger partial charge is 0.326 e. The van der Waals surface area contributed by atoms with Crippen LogP contribution >= 0.6 is 11.6 Å². The molecule has 0 aliphatic rings. The van der Waals surface area contributed by atoms with E-state index in [-0.39, 0.29) is 25.0 Å². The number of aromatic amines is 1. The molecule has 12 heteroatoms. The lowest BCUT2D eigenvalue weighted by Crippen LogP contribution is -2.52. The van der Waals surface area contributed by atoms with E-state index in [1.165, 1.54) is 24.4 Å². The molecule has 0 spiro atoms. The monoisotopic (exact) mass is 578 g/mol. The Kier molecular flexibility index (Phi) is 9.77. The van der Waals surface area contributed by atoms with Gasteiger partial charge in [0.15, 0.2) is 0 Å². The maximum atomic E-state index is 14.3. The lowest BCUT2D eigenvalue weighted by Gasteiger charge is -2.24. The topological polar surface area (TPSA) is 163 Å². The summed E-state index contributed by atoms with van der Waals surface area (Å²) in [5.74, 6) is -2.88. The second kappa shape index (κ2) is 13.6. The molecule has 0 aliphatic carbocycles. The van der Waals surface area contributed by atoms with Crippen LogP contribution in [0.1, 0.15) is 28.0 Å². The maximum absolute atomic E-state index is 14.3. The minimum atomic E-state index is -1.34. The number of aromatic nitrogens is 3. The first-order chi connectivity index (χ1) is 19.7. The van der Waals surface area contributed by atoms with Gasteiger partial charge < -0.3 is 21.5 Å². The molecule has 2 amide bonds. The summed E-state index contributed by atoms with van der Waals surface area (Å²) in [4.78, 5) is 37.7. The number of carbonyl (C=O) groups is 3. The van der Waals surface area contributed by atoms with E-state index in [0.717, 1.165) is 11.1 Å². The molecular formula is C29H28ClFN6O4. The van der Waals surface area contributed by atoms with Crippen LogP contribution in [0.5, 0.6) is 0 Å². The normalized spacial score (nSPS) is 13.1. The molecule has 0 aliphatic heterocycles. The molecule has 41 heavy (non-hydrogen) atoms. The fourth-order valence-electron chi connectivity index (χ4n) is 4.33. The van der Waals surface area contributed by atoms with Crippen molar-refractivity contribution in [2.45, 2.75) is 37.4 Å². The average molecular weight is 579 g/mol. The predicted octanol–water partition coefficient (Wildman–Crippen LogP) is 3.13. The van der Waals surface area contributed by atoms with Crippen molar-refractivity contribution in [1.82, 2.24) is 26.0 Å². The summed E-state index contributed by atoms with van der Waals surface area (Å²) >= 11 is 6.02. The zero-order valence-corrected chi connectivity index (χ0v) is 22.5. The first-order valence-corrected chi connectivity index (χ1v) is 13.1. The minimum absolute atomic E-state index is 0.0857. The Hall–Kier alpha value is -4.61. The van der Waals surface area contributed by atoms with Gasteiger partial charge in [0.05, 0.1) is 12.2 Å². The fourth-order valence-corrected chi connectivity index (χ4v) is 4.51. The summed E-state index contributed by atoms with van der Waals surface area (Å²) in [5, 5.41) is 25.2. The summed E-state index contributed by atoms with van der Waals surface area (Å²) in [7, 11) is 0. The molecule has 0 unspecified atom stereocenters. The molecule has 0 saturated carbocycles. The van der Waals surface area contributed by atoms with Gasteiger partial charge in [-0.1, -0.05) is 71.4 Å². The third-order valence-electron chi connectivity index (χ3n) is 6.44. The van der Waals surface area contributed by atoms with Crippen molar-refractivity contribution in [3.63, 3.8) is 0 Å². The third-order valence-corrected chi connectivity index (χ3v) is 6.68. The minimum Gasteiger partial charge on any atom is -0.480 e. The number of nitrogens with zero attached hydrogens (tertiary/aromatic N) is 2. The first-order valence-electron chi connectivity index (χ1n) is 12.7. The van der Waals surface area contributed by atoms with Gasteiger partial charge in [0.25, 0.3) is 5.91 Å². The van der Waals surface area contributed by atoms with Crippen molar-refractivity contribution in [1.29, 1.82) is 0 Å². The van der Waals surface area contributed by atoms with Gasteiger partial charge in [-0.2, -0.15) is 0 Å². The molecule has 1 aromatic heterocycles. The van der Waals surface area contributed by atoms with Gasteiger partial charge >= 0.3 is 5.97 Å². The molecule has 0 saturated heterocycles. The number of benzene rings is 3. The Labute approximate surface area is 240 Å². The summed E-state index contributed by atoms with van der Waals surface area (Å²) in [6.07, 6.45) is 1.53. The Balaban J connectivity index is 1.49. The molecule has 0 fully saturated rings. The number of nitrogens with two attached hydrogens (primary N) is 1. The number of carbonyl (C=O) groups excluding carboxylic acids is 2. The molecule has 4 aromatic rings. The van der Waals surface area contributed by atoms with Crippen LogP contribution in [0.4, 0.5) is 4.39 Å². The first kappa shape index (κ1) is 29.4. The second-order valence-electron chi connectivity index (χ2n) is 9.50.